The summed E-state index contributed by atoms with van der Waals surface area (Å²) >= 11 is 6.09. The van der Waals surface area contributed by atoms with E-state index in [1.165, 1.54) is 11.3 Å². The first-order valence-corrected chi connectivity index (χ1v) is 6.51. The predicted molar refractivity (Wildman–Crippen MR) is 73.0 cm³/mol. The minimum atomic E-state index is 0.0693. The first kappa shape index (κ1) is 12.7. The third kappa shape index (κ3) is 2.29. The van der Waals surface area contributed by atoms with Crippen molar-refractivity contribution in [2.45, 2.75) is 38.6 Å². The molecule has 0 aliphatic carbocycles. The molecule has 0 bridgehead atoms. The van der Waals surface area contributed by atoms with E-state index in [1.807, 2.05) is 12.1 Å². The smallest absolute Gasteiger partial charge is 0.0606 e. The fourth-order valence-electron chi connectivity index (χ4n) is 2.99. The Hall–Kier alpha value is -0.730. The molecule has 0 fully saturated rings. The molecule has 0 radical (unpaired) electrons. The predicted octanol–water partition coefficient (Wildman–Crippen LogP) is 3.42. The van der Waals surface area contributed by atoms with Crippen LogP contribution in [0.2, 0.25) is 5.02 Å². The largest absolute Gasteiger partial charge is 0.395 e. The van der Waals surface area contributed by atoms with Crippen molar-refractivity contribution in [2.75, 3.05) is 18.1 Å². The monoisotopic (exact) mass is 253 g/mol. The number of β-amino-alcohol motifs (C(OH)–C–C–N with tert-alkyl or cyclic N) is 1. The number of nitrogens with zero attached hydrogens (tertiary/aromatic N) is 1. The quantitative estimate of drug-likeness (QED) is 0.873. The normalized spacial score (nSPS) is 22.4. The van der Waals surface area contributed by atoms with Gasteiger partial charge < -0.3 is 10.0 Å². The molecule has 0 spiro atoms. The van der Waals surface area contributed by atoms with Gasteiger partial charge in [0.2, 0.25) is 0 Å². The van der Waals surface area contributed by atoms with Crippen molar-refractivity contribution in [1.82, 2.24) is 0 Å². The molecule has 1 aliphatic rings. The van der Waals surface area contributed by atoms with Gasteiger partial charge in [0.05, 0.1) is 6.61 Å². The maximum atomic E-state index is 9.24. The fraction of sp³-hybridized carbons (Fsp3) is 0.571. The van der Waals surface area contributed by atoms with Crippen LogP contribution in [0.1, 0.15) is 38.7 Å². The van der Waals surface area contributed by atoms with E-state index in [4.69, 9.17) is 11.6 Å². The van der Waals surface area contributed by atoms with Gasteiger partial charge in [-0.3, -0.25) is 0 Å². The van der Waals surface area contributed by atoms with E-state index in [-0.39, 0.29) is 12.1 Å². The van der Waals surface area contributed by atoms with Crippen molar-refractivity contribution in [3.05, 3.63) is 28.8 Å². The van der Waals surface area contributed by atoms with Crippen molar-refractivity contribution in [3.63, 3.8) is 0 Å². The Balaban J connectivity index is 2.50. The molecule has 1 N–H and O–H groups in total. The number of aliphatic hydroxyl groups excluding tert-OH is 1. The van der Waals surface area contributed by atoms with Crippen molar-refractivity contribution < 1.29 is 5.11 Å². The number of hydrogen-bond donors (Lipinski definition) is 1. The van der Waals surface area contributed by atoms with Crippen molar-refractivity contribution in [2.24, 2.45) is 0 Å². The Kier molecular flexibility index (Phi) is 3.37. The summed E-state index contributed by atoms with van der Waals surface area (Å²) in [6.07, 6.45) is 1.10. The SMILES string of the molecule is CC1CC(C)(C)N(CCO)c2cc(Cl)ccc21. The van der Waals surface area contributed by atoms with Crippen LogP contribution in [0.4, 0.5) is 5.69 Å². The van der Waals surface area contributed by atoms with Crippen LogP contribution < -0.4 is 4.90 Å². The van der Waals surface area contributed by atoms with Crippen LogP contribution in [0.15, 0.2) is 18.2 Å². The van der Waals surface area contributed by atoms with Crippen molar-refractivity contribution in [1.29, 1.82) is 0 Å². The number of hydrogen-bond acceptors (Lipinski definition) is 2. The summed E-state index contributed by atoms with van der Waals surface area (Å²) in [4.78, 5) is 2.27. The van der Waals surface area contributed by atoms with E-state index in [1.54, 1.807) is 0 Å². The van der Waals surface area contributed by atoms with Gasteiger partial charge in [0.25, 0.3) is 0 Å². The molecule has 17 heavy (non-hydrogen) atoms. The molecule has 1 unspecified atom stereocenters. The standard InChI is InChI=1S/C14H20ClNO/c1-10-9-14(2,3)16(6-7-17)13-8-11(15)4-5-12(10)13/h4-5,8,10,17H,6-7,9H2,1-3H3. The molecule has 1 aromatic rings. The molecule has 0 saturated heterocycles. The lowest BCUT2D eigenvalue weighted by Crippen LogP contribution is -2.49. The van der Waals surface area contributed by atoms with Gasteiger partial charge in [0.1, 0.15) is 0 Å². The summed E-state index contributed by atoms with van der Waals surface area (Å²) in [6.45, 7) is 7.54. The van der Waals surface area contributed by atoms with E-state index >= 15 is 0 Å². The first-order chi connectivity index (χ1) is 7.95. The zero-order valence-electron chi connectivity index (χ0n) is 10.7. The highest BCUT2D eigenvalue weighted by atomic mass is 35.5. The van der Waals surface area contributed by atoms with Crippen LogP contribution >= 0.6 is 11.6 Å². The van der Waals surface area contributed by atoms with Crippen LogP contribution in [0.5, 0.6) is 0 Å². The van der Waals surface area contributed by atoms with Crippen molar-refractivity contribution in [3.8, 4) is 0 Å². The lowest BCUT2D eigenvalue weighted by Gasteiger charge is -2.47. The van der Waals surface area contributed by atoms with Crippen LogP contribution in [-0.2, 0) is 0 Å². The Labute approximate surface area is 108 Å². The maximum absolute atomic E-state index is 9.24. The Morgan fingerprint density at radius 1 is 1.47 bits per heavy atom. The molecule has 1 atom stereocenters. The molecule has 0 aromatic heterocycles. The number of halogens is 1. The molecule has 0 amide bonds. The zero-order chi connectivity index (χ0) is 12.6. The van der Waals surface area contributed by atoms with Crippen LogP contribution in [-0.4, -0.2) is 23.8 Å². The highest BCUT2D eigenvalue weighted by molar-refractivity contribution is 6.30. The molecule has 2 nitrogen and oxygen atoms in total. The third-order valence-corrected chi connectivity index (χ3v) is 3.91. The van der Waals surface area contributed by atoms with Gasteiger partial charge in [-0.05, 0) is 43.9 Å². The first-order valence-electron chi connectivity index (χ1n) is 6.13. The highest BCUT2D eigenvalue weighted by Crippen LogP contribution is 2.43. The molecule has 0 saturated carbocycles. The summed E-state index contributed by atoms with van der Waals surface area (Å²) in [5, 5.41) is 10.00. The molecule has 94 valence electrons. The summed E-state index contributed by atoms with van der Waals surface area (Å²) in [5.41, 5.74) is 2.58. The minimum Gasteiger partial charge on any atom is -0.395 e. The lowest BCUT2D eigenvalue weighted by atomic mass is 9.80. The second kappa shape index (κ2) is 4.51. The lowest BCUT2D eigenvalue weighted by molar-refractivity contribution is 0.277. The average Bonchev–Trinajstić information content (AvgIpc) is 2.23. The molecule has 2 rings (SSSR count). The van der Waals surface area contributed by atoms with Gasteiger partial charge >= 0.3 is 0 Å². The second-order valence-corrected chi connectivity index (χ2v) is 5.93. The van der Waals surface area contributed by atoms with Crippen LogP contribution in [0.25, 0.3) is 0 Å². The average molecular weight is 254 g/mol. The summed E-state index contributed by atoms with van der Waals surface area (Å²) in [5.74, 6) is 0.534. The molecule has 1 aliphatic heterocycles. The molecular formula is C14H20ClNO. The summed E-state index contributed by atoms with van der Waals surface area (Å²) in [7, 11) is 0. The second-order valence-electron chi connectivity index (χ2n) is 5.50. The van der Waals surface area contributed by atoms with E-state index in [2.05, 4.69) is 31.7 Å². The fourth-order valence-corrected chi connectivity index (χ4v) is 3.15. The van der Waals surface area contributed by atoms with Gasteiger partial charge in [-0.1, -0.05) is 24.6 Å². The number of benzene rings is 1. The minimum absolute atomic E-state index is 0.0693. The molecular weight excluding hydrogens is 234 g/mol. The summed E-state index contributed by atoms with van der Waals surface area (Å²) < 4.78 is 0. The maximum Gasteiger partial charge on any atom is 0.0606 e. The van der Waals surface area contributed by atoms with Crippen LogP contribution in [0.3, 0.4) is 0 Å². The Bertz CT molecular complexity index is 417. The van der Waals surface area contributed by atoms with Gasteiger partial charge in [0.15, 0.2) is 0 Å². The van der Waals surface area contributed by atoms with E-state index in [0.717, 1.165) is 11.4 Å². The number of aliphatic hydroxyl groups is 1. The van der Waals surface area contributed by atoms with Gasteiger partial charge in [-0.25, -0.2) is 0 Å². The highest BCUT2D eigenvalue weighted by Gasteiger charge is 2.35. The topological polar surface area (TPSA) is 23.5 Å². The summed E-state index contributed by atoms with van der Waals surface area (Å²) in [6, 6.07) is 6.08. The number of anilines is 1. The van der Waals surface area contributed by atoms with E-state index < -0.39 is 0 Å². The van der Waals surface area contributed by atoms with Gasteiger partial charge in [-0.2, -0.15) is 0 Å². The van der Waals surface area contributed by atoms with Gasteiger partial charge in [0, 0.05) is 22.8 Å². The Morgan fingerprint density at radius 3 is 2.82 bits per heavy atom. The molecule has 1 heterocycles. The molecule has 3 heteroatoms. The Morgan fingerprint density at radius 2 is 2.18 bits per heavy atom. The van der Waals surface area contributed by atoms with E-state index in [0.29, 0.717) is 12.5 Å². The van der Waals surface area contributed by atoms with E-state index in [9.17, 15) is 5.11 Å². The number of fused-ring (bicyclic) bond motifs is 1. The van der Waals surface area contributed by atoms with Gasteiger partial charge in [-0.15, -0.1) is 0 Å². The zero-order valence-corrected chi connectivity index (χ0v) is 11.5. The third-order valence-electron chi connectivity index (χ3n) is 3.67. The molecule has 1 aromatic carbocycles. The van der Waals surface area contributed by atoms with Crippen LogP contribution in [0, 0.1) is 0 Å². The number of rotatable bonds is 2. The van der Waals surface area contributed by atoms with Crippen molar-refractivity contribution >= 4 is 17.3 Å².